The van der Waals surface area contributed by atoms with Gasteiger partial charge in [-0.3, -0.25) is 0 Å². The summed E-state index contributed by atoms with van der Waals surface area (Å²) in [6.07, 6.45) is 3.41. The van der Waals surface area contributed by atoms with E-state index in [1.807, 2.05) is 6.92 Å². The molecule has 2 aromatic carbocycles. The first kappa shape index (κ1) is 15.4. The minimum atomic E-state index is -3.50. The number of rotatable bonds is 5. The van der Waals surface area contributed by atoms with Crippen molar-refractivity contribution in [2.75, 3.05) is 6.54 Å². The van der Waals surface area contributed by atoms with E-state index in [0.29, 0.717) is 0 Å². The molecule has 0 fully saturated rings. The van der Waals surface area contributed by atoms with Crippen LogP contribution in [-0.2, 0) is 10.0 Å². The Hall–Kier alpha value is -1.98. The Morgan fingerprint density at radius 1 is 1.05 bits per heavy atom. The lowest BCUT2D eigenvalue weighted by Crippen LogP contribution is -2.23. The Bertz CT molecular complexity index is 720. The molecule has 0 amide bonds. The fraction of sp³-hybridized carbons (Fsp3) is 0.125. The summed E-state index contributed by atoms with van der Waals surface area (Å²) in [6.45, 7) is 2.07. The molecule has 0 bridgehead atoms. The number of hydrogen-bond acceptors (Lipinski definition) is 2. The lowest BCUT2D eigenvalue weighted by molar-refractivity contribution is 0.585. The Kier molecular flexibility index (Phi) is 4.88. The molecule has 1 N–H and O–H groups in total. The summed E-state index contributed by atoms with van der Waals surface area (Å²) in [5, 5.41) is 0. The summed E-state index contributed by atoms with van der Waals surface area (Å²) < 4.78 is 39.2. The van der Waals surface area contributed by atoms with Crippen molar-refractivity contribution in [3.8, 4) is 0 Å². The van der Waals surface area contributed by atoms with Crippen molar-refractivity contribution in [1.82, 2.24) is 4.72 Å². The third-order valence-electron chi connectivity index (χ3n) is 2.90. The smallest absolute Gasteiger partial charge is 0.207 e. The molecule has 0 unspecified atom stereocenters. The second-order valence-electron chi connectivity index (χ2n) is 4.62. The van der Waals surface area contributed by atoms with Crippen LogP contribution in [0.4, 0.5) is 4.39 Å². The van der Waals surface area contributed by atoms with Crippen molar-refractivity contribution in [3.05, 3.63) is 71.6 Å². The molecule has 0 aliphatic rings. The lowest BCUT2D eigenvalue weighted by Gasteiger charge is -2.04. The summed E-state index contributed by atoms with van der Waals surface area (Å²) in [6, 6.07) is 12.6. The number of sulfonamides is 1. The molecule has 0 aliphatic carbocycles. The summed E-state index contributed by atoms with van der Waals surface area (Å²) >= 11 is 0. The maximum atomic E-state index is 12.7. The van der Waals surface area contributed by atoms with Gasteiger partial charge in [-0.1, -0.05) is 42.0 Å². The second kappa shape index (κ2) is 6.65. The largest absolute Gasteiger partial charge is 0.240 e. The van der Waals surface area contributed by atoms with Crippen LogP contribution in [0.15, 0.2) is 59.5 Å². The van der Waals surface area contributed by atoms with Crippen LogP contribution < -0.4 is 4.72 Å². The van der Waals surface area contributed by atoms with Gasteiger partial charge in [-0.05, 0) is 36.8 Å². The van der Waals surface area contributed by atoms with Gasteiger partial charge < -0.3 is 0 Å². The van der Waals surface area contributed by atoms with Crippen molar-refractivity contribution < 1.29 is 12.8 Å². The van der Waals surface area contributed by atoms with E-state index in [4.69, 9.17) is 0 Å². The van der Waals surface area contributed by atoms with Crippen LogP contribution in [0.25, 0.3) is 6.08 Å². The lowest BCUT2D eigenvalue weighted by atomic mass is 10.2. The average molecular weight is 305 g/mol. The molecule has 2 rings (SSSR count). The van der Waals surface area contributed by atoms with Crippen LogP contribution in [0.5, 0.6) is 0 Å². The van der Waals surface area contributed by atoms with Gasteiger partial charge in [0.1, 0.15) is 5.82 Å². The molecule has 0 aliphatic heterocycles. The van der Waals surface area contributed by atoms with E-state index in [1.165, 1.54) is 12.1 Å². The predicted molar refractivity (Wildman–Crippen MR) is 81.8 cm³/mol. The molecule has 3 nitrogen and oxygen atoms in total. The maximum Gasteiger partial charge on any atom is 0.240 e. The number of hydrogen-bond donors (Lipinski definition) is 1. The third-order valence-corrected chi connectivity index (χ3v) is 4.34. The molecule has 110 valence electrons. The SMILES string of the molecule is Cc1ccc(S(=O)(=O)NC/C=C/c2ccc(F)cc2)cc1. The standard InChI is InChI=1S/C16H16FNO2S/c1-13-4-10-16(11-5-13)21(19,20)18-12-2-3-14-6-8-15(17)9-7-14/h2-11,18H,12H2,1H3/b3-2+. The Labute approximate surface area is 124 Å². The van der Waals surface area contributed by atoms with E-state index in [-0.39, 0.29) is 17.3 Å². The first-order valence-corrected chi connectivity index (χ1v) is 7.94. The van der Waals surface area contributed by atoms with Crippen LogP contribution >= 0.6 is 0 Å². The van der Waals surface area contributed by atoms with Gasteiger partial charge in [-0.25, -0.2) is 17.5 Å². The van der Waals surface area contributed by atoms with E-state index in [1.54, 1.807) is 48.6 Å². The quantitative estimate of drug-likeness (QED) is 0.922. The summed E-state index contributed by atoms with van der Waals surface area (Å²) in [5.74, 6) is -0.299. The zero-order valence-electron chi connectivity index (χ0n) is 11.6. The summed E-state index contributed by atoms with van der Waals surface area (Å²) in [4.78, 5) is 0.239. The highest BCUT2D eigenvalue weighted by Crippen LogP contribution is 2.09. The van der Waals surface area contributed by atoms with Crippen molar-refractivity contribution in [3.63, 3.8) is 0 Å². The van der Waals surface area contributed by atoms with Gasteiger partial charge in [0.05, 0.1) is 4.90 Å². The summed E-state index contributed by atoms with van der Waals surface area (Å²) in [5.41, 5.74) is 1.82. The van der Waals surface area contributed by atoms with E-state index in [0.717, 1.165) is 11.1 Å². The van der Waals surface area contributed by atoms with Gasteiger partial charge in [-0.15, -0.1) is 0 Å². The van der Waals surface area contributed by atoms with Gasteiger partial charge >= 0.3 is 0 Å². The van der Waals surface area contributed by atoms with E-state index < -0.39 is 10.0 Å². The van der Waals surface area contributed by atoms with E-state index in [2.05, 4.69) is 4.72 Å². The van der Waals surface area contributed by atoms with Gasteiger partial charge in [-0.2, -0.15) is 0 Å². The van der Waals surface area contributed by atoms with Crippen LogP contribution in [0.3, 0.4) is 0 Å². The van der Waals surface area contributed by atoms with E-state index in [9.17, 15) is 12.8 Å². The maximum absolute atomic E-state index is 12.7. The molecule has 0 atom stereocenters. The Morgan fingerprint density at radius 2 is 1.67 bits per heavy atom. The zero-order valence-corrected chi connectivity index (χ0v) is 12.4. The van der Waals surface area contributed by atoms with Gasteiger partial charge in [0.15, 0.2) is 0 Å². The van der Waals surface area contributed by atoms with Crippen LogP contribution in [0.1, 0.15) is 11.1 Å². The molecule has 5 heteroatoms. The second-order valence-corrected chi connectivity index (χ2v) is 6.39. The number of aryl methyl sites for hydroxylation is 1. The molecule has 0 saturated carbocycles. The van der Waals surface area contributed by atoms with Crippen LogP contribution in [-0.4, -0.2) is 15.0 Å². The predicted octanol–water partition coefficient (Wildman–Crippen LogP) is 3.13. The first-order valence-electron chi connectivity index (χ1n) is 6.46. The van der Waals surface area contributed by atoms with Crippen molar-refractivity contribution in [2.45, 2.75) is 11.8 Å². The fourth-order valence-electron chi connectivity index (χ4n) is 1.73. The molecule has 0 heterocycles. The minimum Gasteiger partial charge on any atom is -0.207 e. The monoisotopic (exact) mass is 305 g/mol. The molecule has 21 heavy (non-hydrogen) atoms. The summed E-state index contributed by atoms with van der Waals surface area (Å²) in [7, 11) is -3.50. The van der Waals surface area contributed by atoms with E-state index >= 15 is 0 Å². The molecule has 0 saturated heterocycles. The molecular weight excluding hydrogens is 289 g/mol. The topological polar surface area (TPSA) is 46.2 Å². The molecular formula is C16H16FNO2S. The van der Waals surface area contributed by atoms with Gasteiger partial charge in [0.2, 0.25) is 10.0 Å². The number of halogens is 1. The molecule has 0 aromatic heterocycles. The zero-order chi connectivity index (χ0) is 15.3. The van der Waals surface area contributed by atoms with Crippen molar-refractivity contribution in [2.24, 2.45) is 0 Å². The normalized spacial score (nSPS) is 11.9. The number of benzene rings is 2. The average Bonchev–Trinajstić information content (AvgIpc) is 2.46. The van der Waals surface area contributed by atoms with Crippen LogP contribution in [0.2, 0.25) is 0 Å². The first-order chi connectivity index (χ1) is 9.97. The highest BCUT2D eigenvalue weighted by atomic mass is 32.2. The van der Waals surface area contributed by atoms with Gasteiger partial charge in [0.25, 0.3) is 0 Å². The molecule has 0 spiro atoms. The minimum absolute atomic E-state index is 0.174. The fourth-order valence-corrected chi connectivity index (χ4v) is 2.70. The highest BCUT2D eigenvalue weighted by molar-refractivity contribution is 7.89. The van der Waals surface area contributed by atoms with Crippen molar-refractivity contribution >= 4 is 16.1 Å². The Balaban J connectivity index is 1.96. The molecule has 2 aromatic rings. The van der Waals surface area contributed by atoms with Crippen molar-refractivity contribution in [1.29, 1.82) is 0 Å². The molecule has 0 radical (unpaired) electrons. The Morgan fingerprint density at radius 3 is 2.29 bits per heavy atom. The number of nitrogens with one attached hydrogen (secondary N) is 1. The third kappa shape index (κ3) is 4.51. The van der Waals surface area contributed by atoms with Crippen LogP contribution in [0, 0.1) is 12.7 Å². The highest BCUT2D eigenvalue weighted by Gasteiger charge is 2.11. The van der Waals surface area contributed by atoms with Gasteiger partial charge in [0, 0.05) is 6.54 Å².